The minimum absolute atomic E-state index is 0.483. The predicted octanol–water partition coefficient (Wildman–Crippen LogP) is 3.23. The molecule has 2 nitrogen and oxygen atoms in total. The maximum atomic E-state index is 3.56. The molecule has 2 aliphatic rings. The highest BCUT2D eigenvalue weighted by molar-refractivity contribution is 8.00. The molecule has 3 heteroatoms. The summed E-state index contributed by atoms with van der Waals surface area (Å²) in [7, 11) is 2.15. The molecule has 3 atom stereocenters. The third-order valence-corrected chi connectivity index (χ3v) is 6.41. The third-order valence-electron chi connectivity index (χ3n) is 5.04. The average Bonchev–Trinajstić information content (AvgIpc) is 2.51. The van der Waals surface area contributed by atoms with Crippen LogP contribution in [0, 0.1) is 11.8 Å². The summed E-state index contributed by atoms with van der Waals surface area (Å²) in [6, 6.07) is 0.750. The maximum absolute atomic E-state index is 3.56. The van der Waals surface area contributed by atoms with Crippen LogP contribution in [-0.2, 0) is 0 Å². The third kappa shape index (κ3) is 4.64. The van der Waals surface area contributed by atoms with Gasteiger partial charge in [0.25, 0.3) is 0 Å². The number of thioether (sulfide) groups is 1. The van der Waals surface area contributed by atoms with Crippen LogP contribution in [0.15, 0.2) is 0 Å². The van der Waals surface area contributed by atoms with E-state index in [4.69, 9.17) is 0 Å². The van der Waals surface area contributed by atoms with Crippen molar-refractivity contribution in [3.8, 4) is 0 Å². The van der Waals surface area contributed by atoms with Crippen molar-refractivity contribution in [3.05, 3.63) is 0 Å². The normalized spacial score (nSPS) is 36.9. The average molecular weight is 285 g/mol. The number of nitrogens with zero attached hydrogens (tertiary/aromatic N) is 1. The minimum atomic E-state index is 0.483. The van der Waals surface area contributed by atoms with Crippen molar-refractivity contribution < 1.29 is 0 Å². The lowest BCUT2D eigenvalue weighted by Gasteiger charge is -2.37. The van der Waals surface area contributed by atoms with Crippen molar-refractivity contribution in [1.29, 1.82) is 0 Å². The first kappa shape index (κ1) is 15.7. The fourth-order valence-electron chi connectivity index (χ4n) is 3.66. The highest BCUT2D eigenvalue weighted by Gasteiger charge is 2.30. The zero-order chi connectivity index (χ0) is 13.9. The summed E-state index contributed by atoms with van der Waals surface area (Å²) in [6.07, 6.45) is 5.53. The molecule has 0 amide bonds. The molecular formula is C16H32N2S. The molecule has 1 N–H and O–H groups in total. The van der Waals surface area contributed by atoms with Crippen molar-refractivity contribution in [2.45, 2.75) is 57.2 Å². The Bertz CT molecular complexity index is 280. The Balaban J connectivity index is 1.88. The molecule has 1 saturated carbocycles. The van der Waals surface area contributed by atoms with Crippen LogP contribution in [0.3, 0.4) is 0 Å². The Morgan fingerprint density at radius 1 is 1.26 bits per heavy atom. The Labute approximate surface area is 124 Å². The van der Waals surface area contributed by atoms with Gasteiger partial charge in [0.2, 0.25) is 0 Å². The summed E-state index contributed by atoms with van der Waals surface area (Å²) < 4.78 is 0.483. The molecule has 1 saturated heterocycles. The van der Waals surface area contributed by atoms with E-state index in [9.17, 15) is 0 Å². The van der Waals surface area contributed by atoms with E-state index in [-0.39, 0.29) is 0 Å². The second kappa shape index (κ2) is 6.82. The summed E-state index contributed by atoms with van der Waals surface area (Å²) in [5.41, 5.74) is 0. The van der Waals surface area contributed by atoms with Crippen LogP contribution in [0.5, 0.6) is 0 Å². The molecule has 19 heavy (non-hydrogen) atoms. The second-order valence-corrected chi connectivity index (χ2v) is 9.03. The van der Waals surface area contributed by atoms with Crippen LogP contribution >= 0.6 is 11.8 Å². The van der Waals surface area contributed by atoms with Crippen molar-refractivity contribution in [1.82, 2.24) is 10.2 Å². The highest BCUT2D eigenvalue weighted by atomic mass is 32.2. The van der Waals surface area contributed by atoms with Crippen LogP contribution in [0.25, 0.3) is 0 Å². The Kier molecular flexibility index (Phi) is 5.62. The first-order valence-electron chi connectivity index (χ1n) is 8.04. The van der Waals surface area contributed by atoms with Gasteiger partial charge in [-0.15, -0.1) is 0 Å². The maximum Gasteiger partial charge on any atom is 0.0116 e. The number of nitrogens with one attached hydrogen (secondary N) is 1. The monoisotopic (exact) mass is 284 g/mol. The zero-order valence-corrected chi connectivity index (χ0v) is 14.1. The topological polar surface area (TPSA) is 15.3 Å². The summed E-state index contributed by atoms with van der Waals surface area (Å²) >= 11 is 2.16. The Morgan fingerprint density at radius 2 is 2.05 bits per heavy atom. The van der Waals surface area contributed by atoms with E-state index >= 15 is 0 Å². The molecule has 2 fully saturated rings. The van der Waals surface area contributed by atoms with Crippen molar-refractivity contribution >= 4 is 11.8 Å². The van der Waals surface area contributed by atoms with Gasteiger partial charge in [-0.2, -0.15) is 11.8 Å². The Hall–Kier alpha value is 0.270. The van der Waals surface area contributed by atoms with Crippen LogP contribution in [0.2, 0.25) is 0 Å². The van der Waals surface area contributed by atoms with Gasteiger partial charge >= 0.3 is 0 Å². The van der Waals surface area contributed by atoms with E-state index in [2.05, 4.69) is 49.8 Å². The van der Waals surface area contributed by atoms with E-state index in [1.54, 1.807) is 0 Å². The summed E-state index contributed by atoms with van der Waals surface area (Å²) in [5.74, 6) is 3.09. The summed E-state index contributed by atoms with van der Waals surface area (Å²) in [6.45, 7) is 11.1. The molecule has 1 aliphatic heterocycles. The fourth-order valence-corrected chi connectivity index (χ4v) is 4.79. The lowest BCUT2D eigenvalue weighted by Crippen LogP contribution is -2.45. The van der Waals surface area contributed by atoms with Crippen LogP contribution < -0.4 is 5.32 Å². The van der Waals surface area contributed by atoms with E-state index in [0.29, 0.717) is 4.75 Å². The molecule has 3 unspecified atom stereocenters. The van der Waals surface area contributed by atoms with Crippen LogP contribution in [0.4, 0.5) is 0 Å². The molecular weight excluding hydrogens is 252 g/mol. The lowest BCUT2D eigenvalue weighted by atomic mass is 9.78. The molecule has 1 heterocycles. The summed E-state index contributed by atoms with van der Waals surface area (Å²) in [5, 5.41) is 3.56. The van der Waals surface area contributed by atoms with E-state index in [0.717, 1.165) is 17.9 Å². The molecule has 0 aromatic heterocycles. The molecule has 0 spiro atoms. The van der Waals surface area contributed by atoms with E-state index < -0.39 is 0 Å². The standard InChI is InChI=1S/C16H32N2S/c1-13-5-6-15(17-4)14(11-13)12-18-8-7-16(2,3)19-10-9-18/h13-15,17H,5-12H2,1-4H3. The number of hydrogen-bond acceptors (Lipinski definition) is 3. The van der Waals surface area contributed by atoms with Crippen LogP contribution in [-0.4, -0.2) is 48.1 Å². The number of hydrogen-bond donors (Lipinski definition) is 1. The molecule has 2 rings (SSSR count). The van der Waals surface area contributed by atoms with Gasteiger partial charge in [-0.25, -0.2) is 0 Å². The Morgan fingerprint density at radius 3 is 2.79 bits per heavy atom. The fraction of sp³-hybridized carbons (Fsp3) is 1.00. The molecule has 0 radical (unpaired) electrons. The minimum Gasteiger partial charge on any atom is -0.317 e. The quantitative estimate of drug-likeness (QED) is 0.856. The van der Waals surface area contributed by atoms with Gasteiger partial charge in [-0.05, 0) is 51.1 Å². The highest BCUT2D eigenvalue weighted by Crippen LogP contribution is 2.33. The first-order chi connectivity index (χ1) is 9.00. The van der Waals surface area contributed by atoms with Crippen molar-refractivity contribution in [2.24, 2.45) is 11.8 Å². The predicted molar refractivity (Wildman–Crippen MR) is 86.9 cm³/mol. The van der Waals surface area contributed by atoms with Crippen molar-refractivity contribution in [3.63, 3.8) is 0 Å². The SMILES string of the molecule is CNC1CCC(C)CC1CN1CCSC(C)(C)CC1. The van der Waals surface area contributed by atoms with E-state index in [1.165, 1.54) is 51.1 Å². The lowest BCUT2D eigenvalue weighted by molar-refractivity contribution is 0.152. The molecule has 0 aromatic rings. The van der Waals surface area contributed by atoms with Gasteiger partial charge in [0.1, 0.15) is 0 Å². The van der Waals surface area contributed by atoms with Crippen LogP contribution in [0.1, 0.15) is 46.5 Å². The molecule has 0 bridgehead atoms. The second-order valence-electron chi connectivity index (χ2n) is 7.23. The smallest absolute Gasteiger partial charge is 0.0116 e. The molecule has 112 valence electrons. The van der Waals surface area contributed by atoms with E-state index in [1.807, 2.05) is 0 Å². The van der Waals surface area contributed by atoms with Crippen molar-refractivity contribution in [2.75, 3.05) is 32.4 Å². The van der Waals surface area contributed by atoms with Gasteiger partial charge < -0.3 is 10.2 Å². The van der Waals surface area contributed by atoms with Gasteiger partial charge in [0, 0.05) is 29.6 Å². The molecule has 0 aromatic carbocycles. The largest absolute Gasteiger partial charge is 0.317 e. The summed E-state index contributed by atoms with van der Waals surface area (Å²) in [4.78, 5) is 2.73. The van der Waals surface area contributed by atoms with Gasteiger partial charge in [-0.3, -0.25) is 0 Å². The number of rotatable bonds is 3. The zero-order valence-electron chi connectivity index (χ0n) is 13.2. The van der Waals surface area contributed by atoms with Gasteiger partial charge in [0.05, 0.1) is 0 Å². The van der Waals surface area contributed by atoms with Gasteiger partial charge in [0.15, 0.2) is 0 Å². The molecule has 1 aliphatic carbocycles. The first-order valence-corrected chi connectivity index (χ1v) is 9.02. The van der Waals surface area contributed by atoms with Gasteiger partial charge in [-0.1, -0.05) is 20.8 Å².